The van der Waals surface area contributed by atoms with E-state index >= 15 is 0 Å². The minimum absolute atomic E-state index is 0.0975. The summed E-state index contributed by atoms with van der Waals surface area (Å²) < 4.78 is 0. The Kier molecular flexibility index (Phi) is 2.83. The van der Waals surface area contributed by atoms with Gasteiger partial charge in [-0.05, 0) is 35.6 Å². The number of hydrogen-bond donors (Lipinski definition) is 0. The SMILES string of the molecule is CC1(C2c3ccccc3-c3ccccc32)C(=O)CCCC1=O. The van der Waals surface area contributed by atoms with Gasteiger partial charge in [0.05, 0.1) is 5.41 Å². The van der Waals surface area contributed by atoms with Crippen LogP contribution in [0.3, 0.4) is 0 Å². The van der Waals surface area contributed by atoms with E-state index in [9.17, 15) is 9.59 Å². The summed E-state index contributed by atoms with van der Waals surface area (Å²) in [6.45, 7) is 1.86. The van der Waals surface area contributed by atoms with E-state index in [0.717, 1.165) is 22.3 Å². The Labute approximate surface area is 130 Å². The summed E-state index contributed by atoms with van der Waals surface area (Å²) in [5, 5.41) is 0. The molecule has 110 valence electrons. The molecule has 0 heterocycles. The van der Waals surface area contributed by atoms with Crippen LogP contribution in [0.5, 0.6) is 0 Å². The first-order chi connectivity index (χ1) is 10.6. The van der Waals surface area contributed by atoms with Crippen LogP contribution in [-0.4, -0.2) is 11.6 Å². The molecule has 0 amide bonds. The second-order valence-corrected chi connectivity index (χ2v) is 6.51. The van der Waals surface area contributed by atoms with E-state index in [4.69, 9.17) is 0 Å². The van der Waals surface area contributed by atoms with Gasteiger partial charge >= 0.3 is 0 Å². The standard InChI is InChI=1S/C20H18O2/c1-20(17(21)11-6-12-18(20)22)19-15-9-4-2-7-13(15)14-8-3-5-10-16(14)19/h2-5,7-10,19H,6,11-12H2,1H3. The number of hydrogen-bond acceptors (Lipinski definition) is 2. The van der Waals surface area contributed by atoms with Gasteiger partial charge in [0.15, 0.2) is 0 Å². The topological polar surface area (TPSA) is 34.1 Å². The number of fused-ring (bicyclic) bond motifs is 3. The molecule has 22 heavy (non-hydrogen) atoms. The molecule has 1 saturated carbocycles. The summed E-state index contributed by atoms with van der Waals surface area (Å²) in [5.41, 5.74) is 3.65. The Hall–Kier alpha value is -2.22. The molecule has 1 fully saturated rings. The molecule has 2 nitrogen and oxygen atoms in total. The van der Waals surface area contributed by atoms with Crippen molar-refractivity contribution in [1.82, 2.24) is 0 Å². The van der Waals surface area contributed by atoms with Crippen LogP contribution in [0.4, 0.5) is 0 Å². The zero-order chi connectivity index (χ0) is 15.3. The fourth-order valence-corrected chi connectivity index (χ4v) is 4.18. The van der Waals surface area contributed by atoms with E-state index in [1.54, 1.807) is 0 Å². The third-order valence-corrected chi connectivity index (χ3v) is 5.38. The molecule has 0 aliphatic heterocycles. The number of ketones is 2. The van der Waals surface area contributed by atoms with Crippen molar-refractivity contribution in [3.8, 4) is 11.1 Å². The molecule has 0 spiro atoms. The summed E-state index contributed by atoms with van der Waals surface area (Å²) in [7, 11) is 0. The van der Waals surface area contributed by atoms with Crippen molar-refractivity contribution in [2.75, 3.05) is 0 Å². The third-order valence-electron chi connectivity index (χ3n) is 5.38. The van der Waals surface area contributed by atoms with E-state index in [-0.39, 0.29) is 17.5 Å². The van der Waals surface area contributed by atoms with E-state index in [1.165, 1.54) is 0 Å². The molecule has 0 aromatic heterocycles. The Morgan fingerprint density at radius 2 is 1.27 bits per heavy atom. The van der Waals surface area contributed by atoms with E-state index in [1.807, 2.05) is 31.2 Å². The van der Waals surface area contributed by atoms with Gasteiger partial charge in [-0.3, -0.25) is 9.59 Å². The highest BCUT2D eigenvalue weighted by Crippen LogP contribution is 2.54. The lowest BCUT2D eigenvalue weighted by Gasteiger charge is -2.37. The van der Waals surface area contributed by atoms with Crippen molar-refractivity contribution < 1.29 is 9.59 Å². The maximum atomic E-state index is 12.7. The number of carbonyl (C=O) groups is 2. The van der Waals surface area contributed by atoms with Crippen LogP contribution in [0.15, 0.2) is 48.5 Å². The van der Waals surface area contributed by atoms with Gasteiger partial charge in [0.1, 0.15) is 11.6 Å². The normalized spacial score (nSPS) is 19.9. The Morgan fingerprint density at radius 1 is 0.818 bits per heavy atom. The Morgan fingerprint density at radius 3 is 1.77 bits per heavy atom. The van der Waals surface area contributed by atoms with Crippen LogP contribution in [0.25, 0.3) is 11.1 Å². The zero-order valence-electron chi connectivity index (χ0n) is 12.6. The van der Waals surface area contributed by atoms with Gasteiger partial charge in [-0.1, -0.05) is 48.5 Å². The first kappa shape index (κ1) is 13.4. The van der Waals surface area contributed by atoms with Gasteiger partial charge < -0.3 is 0 Å². The van der Waals surface area contributed by atoms with Crippen molar-refractivity contribution >= 4 is 11.6 Å². The number of rotatable bonds is 1. The Bertz CT molecular complexity index is 726. The van der Waals surface area contributed by atoms with Crippen molar-refractivity contribution in [3.63, 3.8) is 0 Å². The van der Waals surface area contributed by atoms with Crippen LogP contribution >= 0.6 is 0 Å². The Balaban J connectivity index is 1.99. The first-order valence-corrected chi connectivity index (χ1v) is 7.89. The van der Waals surface area contributed by atoms with E-state index in [2.05, 4.69) is 24.3 Å². The molecule has 2 aromatic rings. The highest BCUT2D eigenvalue weighted by molar-refractivity contribution is 6.10. The molecule has 2 aromatic carbocycles. The van der Waals surface area contributed by atoms with Crippen molar-refractivity contribution in [2.24, 2.45) is 5.41 Å². The predicted octanol–water partition coefficient (Wildman–Crippen LogP) is 4.13. The molecule has 2 aliphatic rings. The maximum Gasteiger partial charge on any atom is 0.147 e. The second-order valence-electron chi connectivity index (χ2n) is 6.51. The minimum Gasteiger partial charge on any atom is -0.299 e. The van der Waals surface area contributed by atoms with Gasteiger partial charge in [-0.15, -0.1) is 0 Å². The van der Waals surface area contributed by atoms with E-state index in [0.29, 0.717) is 19.3 Å². The van der Waals surface area contributed by atoms with Gasteiger partial charge in [-0.2, -0.15) is 0 Å². The second kappa shape index (κ2) is 4.64. The van der Waals surface area contributed by atoms with Crippen LogP contribution in [0.2, 0.25) is 0 Å². The number of carbonyl (C=O) groups excluding carboxylic acids is 2. The monoisotopic (exact) mass is 290 g/mol. The molecule has 0 bridgehead atoms. The lowest BCUT2D eigenvalue weighted by molar-refractivity contribution is -0.143. The molecule has 0 N–H and O–H groups in total. The van der Waals surface area contributed by atoms with Gasteiger partial charge in [0.25, 0.3) is 0 Å². The molecule has 4 rings (SSSR count). The van der Waals surface area contributed by atoms with Crippen LogP contribution in [0, 0.1) is 5.41 Å². The lowest BCUT2D eigenvalue weighted by Crippen LogP contribution is -2.44. The molecule has 0 atom stereocenters. The van der Waals surface area contributed by atoms with Crippen molar-refractivity contribution in [2.45, 2.75) is 32.1 Å². The molecule has 0 saturated heterocycles. The highest BCUT2D eigenvalue weighted by atomic mass is 16.2. The average Bonchev–Trinajstić information content (AvgIpc) is 2.88. The fraction of sp³-hybridized carbons (Fsp3) is 0.300. The first-order valence-electron chi connectivity index (χ1n) is 7.89. The minimum atomic E-state index is -0.916. The van der Waals surface area contributed by atoms with Crippen molar-refractivity contribution in [3.05, 3.63) is 59.7 Å². The average molecular weight is 290 g/mol. The molecule has 0 unspecified atom stereocenters. The molecule has 2 heteroatoms. The van der Waals surface area contributed by atoms with Gasteiger partial charge in [-0.25, -0.2) is 0 Å². The molecule has 0 radical (unpaired) electrons. The number of Topliss-reactive ketones (excluding diaryl/α,β-unsaturated/α-hetero) is 2. The van der Waals surface area contributed by atoms with E-state index < -0.39 is 5.41 Å². The van der Waals surface area contributed by atoms with Gasteiger partial charge in [0.2, 0.25) is 0 Å². The summed E-state index contributed by atoms with van der Waals surface area (Å²) in [6.07, 6.45) is 1.73. The summed E-state index contributed by atoms with van der Waals surface area (Å²) >= 11 is 0. The van der Waals surface area contributed by atoms with Crippen LogP contribution in [0.1, 0.15) is 43.2 Å². The summed E-state index contributed by atoms with van der Waals surface area (Å²) in [4.78, 5) is 25.4. The summed E-state index contributed by atoms with van der Waals surface area (Å²) in [6, 6.07) is 16.4. The van der Waals surface area contributed by atoms with Crippen molar-refractivity contribution in [1.29, 1.82) is 0 Å². The van der Waals surface area contributed by atoms with Gasteiger partial charge in [0, 0.05) is 18.8 Å². The van der Waals surface area contributed by atoms with Crippen LogP contribution < -0.4 is 0 Å². The summed E-state index contributed by atoms with van der Waals surface area (Å²) in [5.74, 6) is 0.0562. The largest absolute Gasteiger partial charge is 0.299 e. The predicted molar refractivity (Wildman–Crippen MR) is 85.7 cm³/mol. The zero-order valence-corrected chi connectivity index (χ0v) is 12.6. The highest BCUT2D eigenvalue weighted by Gasteiger charge is 2.52. The molecular formula is C20H18O2. The third kappa shape index (κ3) is 1.61. The smallest absolute Gasteiger partial charge is 0.147 e. The number of benzene rings is 2. The molecular weight excluding hydrogens is 272 g/mol. The van der Waals surface area contributed by atoms with Crippen LogP contribution in [-0.2, 0) is 9.59 Å². The molecule has 2 aliphatic carbocycles. The quantitative estimate of drug-likeness (QED) is 0.740. The fourth-order valence-electron chi connectivity index (χ4n) is 4.18. The lowest BCUT2D eigenvalue weighted by atomic mass is 9.62. The maximum absolute atomic E-state index is 12.7.